The second kappa shape index (κ2) is 2.79. The second-order valence-corrected chi connectivity index (χ2v) is 4.45. The van der Waals surface area contributed by atoms with Crippen molar-refractivity contribution in [2.45, 2.75) is 32.6 Å². The Morgan fingerprint density at radius 1 is 1.38 bits per heavy atom. The molecule has 2 rings (SSSR count). The summed E-state index contributed by atoms with van der Waals surface area (Å²) in [5, 5.41) is 0. The lowest BCUT2D eigenvalue weighted by Crippen LogP contribution is -2.36. The highest BCUT2D eigenvalue weighted by molar-refractivity contribution is 5.92. The SMILES string of the molecule is CC12C=CC(=O)CC1CC(=O)CC2. The van der Waals surface area contributed by atoms with Crippen LogP contribution in [0.15, 0.2) is 12.2 Å². The minimum Gasteiger partial charge on any atom is -0.300 e. The molecule has 2 heteroatoms. The summed E-state index contributed by atoms with van der Waals surface area (Å²) in [6, 6.07) is 0. The first-order chi connectivity index (χ1) is 6.10. The molecule has 0 spiro atoms. The maximum atomic E-state index is 11.2. The number of allylic oxidation sites excluding steroid dienone is 2. The molecule has 2 unspecified atom stereocenters. The van der Waals surface area contributed by atoms with Gasteiger partial charge in [-0.25, -0.2) is 0 Å². The van der Waals surface area contributed by atoms with Gasteiger partial charge in [-0.05, 0) is 23.8 Å². The van der Waals surface area contributed by atoms with Gasteiger partial charge in [0.05, 0.1) is 0 Å². The highest BCUT2D eigenvalue weighted by atomic mass is 16.1. The van der Waals surface area contributed by atoms with Gasteiger partial charge in [-0.3, -0.25) is 9.59 Å². The van der Waals surface area contributed by atoms with E-state index in [0.717, 1.165) is 6.42 Å². The summed E-state index contributed by atoms with van der Waals surface area (Å²) in [5.74, 6) is 0.772. The van der Waals surface area contributed by atoms with Crippen LogP contribution in [-0.2, 0) is 9.59 Å². The van der Waals surface area contributed by atoms with Crippen LogP contribution in [0.2, 0.25) is 0 Å². The topological polar surface area (TPSA) is 34.1 Å². The number of fused-ring (bicyclic) bond motifs is 1. The number of carbonyl (C=O) groups is 2. The fraction of sp³-hybridized carbons (Fsp3) is 0.636. The molecule has 0 saturated heterocycles. The summed E-state index contributed by atoms with van der Waals surface area (Å²) in [6.07, 6.45) is 6.47. The van der Waals surface area contributed by atoms with Gasteiger partial charge >= 0.3 is 0 Å². The van der Waals surface area contributed by atoms with Crippen LogP contribution in [0, 0.1) is 11.3 Å². The zero-order chi connectivity index (χ0) is 9.47. The third kappa shape index (κ3) is 1.45. The van der Waals surface area contributed by atoms with Gasteiger partial charge in [0.2, 0.25) is 0 Å². The Kier molecular flexibility index (Phi) is 1.86. The molecule has 0 aromatic heterocycles. The van der Waals surface area contributed by atoms with Crippen molar-refractivity contribution in [3.8, 4) is 0 Å². The highest BCUT2D eigenvalue weighted by Gasteiger charge is 2.40. The van der Waals surface area contributed by atoms with E-state index >= 15 is 0 Å². The van der Waals surface area contributed by atoms with Crippen molar-refractivity contribution < 1.29 is 9.59 Å². The zero-order valence-corrected chi connectivity index (χ0v) is 7.88. The molecule has 0 bridgehead atoms. The van der Waals surface area contributed by atoms with Crippen LogP contribution in [0.4, 0.5) is 0 Å². The van der Waals surface area contributed by atoms with Gasteiger partial charge in [0.25, 0.3) is 0 Å². The standard InChI is InChI=1S/C11H14O2/c1-11-4-2-9(12)6-8(11)7-10(13)3-5-11/h2,4,8H,3,5-7H2,1H3. The fourth-order valence-electron chi connectivity index (χ4n) is 2.34. The first-order valence-electron chi connectivity index (χ1n) is 4.84. The molecule has 1 saturated carbocycles. The predicted molar refractivity (Wildman–Crippen MR) is 49.2 cm³/mol. The number of hydrogen-bond donors (Lipinski definition) is 0. The van der Waals surface area contributed by atoms with Crippen molar-refractivity contribution in [3.05, 3.63) is 12.2 Å². The number of Topliss-reactive ketones (excluding diaryl/α,β-unsaturated/α-hetero) is 1. The first kappa shape index (κ1) is 8.67. The van der Waals surface area contributed by atoms with Crippen LogP contribution in [-0.4, -0.2) is 11.6 Å². The molecule has 0 amide bonds. The average Bonchev–Trinajstić information content (AvgIpc) is 2.08. The molecule has 2 nitrogen and oxygen atoms in total. The Bertz CT molecular complexity index is 290. The van der Waals surface area contributed by atoms with Crippen LogP contribution in [0.3, 0.4) is 0 Å². The van der Waals surface area contributed by atoms with Crippen molar-refractivity contribution in [1.29, 1.82) is 0 Å². The van der Waals surface area contributed by atoms with E-state index in [1.54, 1.807) is 6.08 Å². The molecule has 2 atom stereocenters. The zero-order valence-electron chi connectivity index (χ0n) is 7.88. The highest BCUT2D eigenvalue weighted by Crippen LogP contribution is 2.44. The van der Waals surface area contributed by atoms with Crippen LogP contribution in [0.25, 0.3) is 0 Å². The van der Waals surface area contributed by atoms with Crippen LogP contribution >= 0.6 is 0 Å². The van der Waals surface area contributed by atoms with Gasteiger partial charge in [0, 0.05) is 19.3 Å². The summed E-state index contributed by atoms with van der Waals surface area (Å²) in [4.78, 5) is 22.4. The van der Waals surface area contributed by atoms with E-state index in [9.17, 15) is 9.59 Å². The summed E-state index contributed by atoms with van der Waals surface area (Å²) in [6.45, 7) is 2.16. The third-order valence-electron chi connectivity index (χ3n) is 3.45. The van der Waals surface area contributed by atoms with E-state index < -0.39 is 0 Å². The van der Waals surface area contributed by atoms with E-state index in [0.29, 0.717) is 25.0 Å². The molecule has 0 aliphatic heterocycles. The van der Waals surface area contributed by atoms with E-state index in [1.807, 2.05) is 6.08 Å². The third-order valence-corrected chi connectivity index (χ3v) is 3.45. The lowest BCUT2D eigenvalue weighted by atomic mass is 9.63. The van der Waals surface area contributed by atoms with Gasteiger partial charge in [0.15, 0.2) is 5.78 Å². The van der Waals surface area contributed by atoms with Crippen LogP contribution < -0.4 is 0 Å². The maximum Gasteiger partial charge on any atom is 0.155 e. The van der Waals surface area contributed by atoms with Gasteiger partial charge in [-0.15, -0.1) is 0 Å². The number of rotatable bonds is 0. The molecule has 0 heterocycles. The minimum absolute atomic E-state index is 0.113. The summed E-state index contributed by atoms with van der Waals surface area (Å²) in [5.41, 5.74) is 0.113. The number of carbonyl (C=O) groups excluding carboxylic acids is 2. The molecule has 0 aromatic rings. The van der Waals surface area contributed by atoms with Gasteiger partial charge in [-0.1, -0.05) is 13.0 Å². The lowest BCUT2D eigenvalue weighted by molar-refractivity contribution is -0.125. The van der Waals surface area contributed by atoms with Crippen molar-refractivity contribution in [2.24, 2.45) is 11.3 Å². The smallest absolute Gasteiger partial charge is 0.155 e. The van der Waals surface area contributed by atoms with Crippen LogP contribution in [0.5, 0.6) is 0 Å². The van der Waals surface area contributed by atoms with Crippen LogP contribution in [0.1, 0.15) is 32.6 Å². The van der Waals surface area contributed by atoms with Gasteiger partial charge < -0.3 is 0 Å². The largest absolute Gasteiger partial charge is 0.300 e. The van der Waals surface area contributed by atoms with E-state index in [1.165, 1.54) is 0 Å². The minimum atomic E-state index is 0.113. The molecule has 2 aliphatic carbocycles. The number of ketones is 2. The van der Waals surface area contributed by atoms with Crippen molar-refractivity contribution >= 4 is 11.6 Å². The molecule has 70 valence electrons. The van der Waals surface area contributed by atoms with Gasteiger partial charge in [0.1, 0.15) is 5.78 Å². The Hall–Kier alpha value is -0.920. The average molecular weight is 178 g/mol. The number of hydrogen-bond acceptors (Lipinski definition) is 2. The summed E-state index contributed by atoms with van der Waals surface area (Å²) in [7, 11) is 0. The Morgan fingerprint density at radius 3 is 2.92 bits per heavy atom. The molecule has 2 aliphatic rings. The molecule has 0 aromatic carbocycles. The molecule has 0 N–H and O–H groups in total. The normalized spacial score (nSPS) is 39.0. The quantitative estimate of drug-likeness (QED) is 0.567. The Morgan fingerprint density at radius 2 is 2.15 bits per heavy atom. The van der Waals surface area contributed by atoms with Crippen molar-refractivity contribution in [2.75, 3.05) is 0 Å². The van der Waals surface area contributed by atoms with E-state index in [-0.39, 0.29) is 17.1 Å². The lowest BCUT2D eigenvalue weighted by Gasteiger charge is -2.40. The molecule has 1 fully saturated rings. The first-order valence-corrected chi connectivity index (χ1v) is 4.84. The van der Waals surface area contributed by atoms with Crippen molar-refractivity contribution in [3.63, 3.8) is 0 Å². The van der Waals surface area contributed by atoms with Crippen molar-refractivity contribution in [1.82, 2.24) is 0 Å². The summed E-state index contributed by atoms with van der Waals surface area (Å²) < 4.78 is 0. The summed E-state index contributed by atoms with van der Waals surface area (Å²) >= 11 is 0. The molecule has 13 heavy (non-hydrogen) atoms. The Labute approximate surface area is 78.0 Å². The maximum absolute atomic E-state index is 11.2. The Balaban J connectivity index is 2.26. The predicted octanol–water partition coefficient (Wildman–Crippen LogP) is 1.89. The molecule has 0 radical (unpaired) electrons. The second-order valence-electron chi connectivity index (χ2n) is 4.45. The van der Waals surface area contributed by atoms with Gasteiger partial charge in [-0.2, -0.15) is 0 Å². The molecular formula is C11H14O2. The molecular weight excluding hydrogens is 164 g/mol. The van der Waals surface area contributed by atoms with E-state index in [4.69, 9.17) is 0 Å². The van der Waals surface area contributed by atoms with E-state index in [2.05, 4.69) is 6.92 Å². The fourth-order valence-corrected chi connectivity index (χ4v) is 2.34. The monoisotopic (exact) mass is 178 g/mol.